The van der Waals surface area contributed by atoms with Crippen LogP contribution in [0.1, 0.15) is 12.8 Å². The SMILES string of the molecule is COc1ccccc1Oc1cccc(SN2CCC(N3CNc4ccccc43)CC2)c1. The van der Waals surface area contributed by atoms with Gasteiger partial charge in [-0.3, -0.25) is 0 Å². The number of hydrogen-bond acceptors (Lipinski definition) is 6. The molecule has 0 saturated carbocycles. The van der Waals surface area contributed by atoms with Crippen molar-refractivity contribution in [3.8, 4) is 17.2 Å². The first kappa shape index (κ1) is 20.1. The smallest absolute Gasteiger partial charge is 0.169 e. The summed E-state index contributed by atoms with van der Waals surface area (Å²) in [6.45, 7) is 3.07. The molecule has 6 heteroatoms. The van der Waals surface area contributed by atoms with E-state index in [1.807, 2.05) is 48.3 Å². The van der Waals surface area contributed by atoms with E-state index in [0.717, 1.165) is 37.0 Å². The Labute approximate surface area is 188 Å². The second-order valence-corrected chi connectivity index (χ2v) is 8.97. The number of nitrogens with one attached hydrogen (secondary N) is 1. The van der Waals surface area contributed by atoms with Crippen LogP contribution in [0.2, 0.25) is 0 Å². The Bertz CT molecular complexity index is 1040. The summed E-state index contributed by atoms with van der Waals surface area (Å²) in [5, 5.41) is 3.52. The summed E-state index contributed by atoms with van der Waals surface area (Å²) in [5.41, 5.74) is 2.60. The van der Waals surface area contributed by atoms with Crippen LogP contribution in [-0.4, -0.2) is 37.2 Å². The Kier molecular flexibility index (Phi) is 5.91. The largest absolute Gasteiger partial charge is 0.493 e. The van der Waals surface area contributed by atoms with Crippen molar-refractivity contribution >= 4 is 23.3 Å². The van der Waals surface area contributed by atoms with Crippen molar-refractivity contribution in [3.63, 3.8) is 0 Å². The fourth-order valence-electron chi connectivity index (χ4n) is 4.27. The van der Waals surface area contributed by atoms with E-state index < -0.39 is 0 Å². The molecule has 0 radical (unpaired) electrons. The van der Waals surface area contributed by atoms with E-state index >= 15 is 0 Å². The molecule has 1 fully saturated rings. The molecule has 0 aliphatic carbocycles. The van der Waals surface area contributed by atoms with Crippen LogP contribution < -0.4 is 19.7 Å². The number of para-hydroxylation sites is 4. The van der Waals surface area contributed by atoms with Crippen LogP contribution in [0, 0.1) is 0 Å². The number of anilines is 2. The summed E-state index contributed by atoms with van der Waals surface area (Å²) in [7, 11) is 1.66. The van der Waals surface area contributed by atoms with Crippen molar-refractivity contribution in [3.05, 3.63) is 72.8 Å². The molecular formula is C25H27N3O2S. The van der Waals surface area contributed by atoms with E-state index in [9.17, 15) is 0 Å². The number of methoxy groups -OCH3 is 1. The van der Waals surface area contributed by atoms with Gasteiger partial charge in [0.2, 0.25) is 0 Å². The monoisotopic (exact) mass is 433 g/mol. The molecule has 160 valence electrons. The normalized spacial score (nSPS) is 16.6. The fourth-order valence-corrected chi connectivity index (χ4v) is 5.27. The van der Waals surface area contributed by atoms with Gasteiger partial charge < -0.3 is 19.7 Å². The van der Waals surface area contributed by atoms with Gasteiger partial charge in [-0.2, -0.15) is 0 Å². The van der Waals surface area contributed by atoms with Gasteiger partial charge >= 0.3 is 0 Å². The average Bonchev–Trinajstić information content (AvgIpc) is 3.24. The van der Waals surface area contributed by atoms with Gasteiger partial charge in [0.15, 0.2) is 11.5 Å². The van der Waals surface area contributed by atoms with Crippen molar-refractivity contribution in [2.24, 2.45) is 0 Å². The molecule has 1 saturated heterocycles. The molecule has 0 bridgehead atoms. The van der Waals surface area contributed by atoms with E-state index in [4.69, 9.17) is 9.47 Å². The maximum Gasteiger partial charge on any atom is 0.169 e. The number of ether oxygens (including phenoxy) is 2. The molecule has 5 rings (SSSR count). The highest BCUT2D eigenvalue weighted by molar-refractivity contribution is 7.97. The minimum absolute atomic E-state index is 0.591. The lowest BCUT2D eigenvalue weighted by molar-refractivity contribution is 0.336. The van der Waals surface area contributed by atoms with Gasteiger partial charge in [0.25, 0.3) is 0 Å². The summed E-state index contributed by atoms with van der Waals surface area (Å²) < 4.78 is 13.9. The maximum atomic E-state index is 6.08. The zero-order chi connectivity index (χ0) is 21.0. The summed E-state index contributed by atoms with van der Waals surface area (Å²) in [6.07, 6.45) is 2.33. The number of benzene rings is 3. The molecule has 0 atom stereocenters. The van der Waals surface area contributed by atoms with Crippen molar-refractivity contribution in [2.45, 2.75) is 23.8 Å². The molecule has 0 aromatic heterocycles. The van der Waals surface area contributed by atoms with E-state index in [0.29, 0.717) is 6.04 Å². The first-order valence-corrected chi connectivity index (χ1v) is 11.5. The Balaban J connectivity index is 1.19. The molecule has 2 heterocycles. The molecule has 0 unspecified atom stereocenters. The number of piperidine rings is 1. The minimum atomic E-state index is 0.591. The topological polar surface area (TPSA) is 37.0 Å². The zero-order valence-electron chi connectivity index (χ0n) is 17.7. The highest BCUT2D eigenvalue weighted by atomic mass is 32.2. The van der Waals surface area contributed by atoms with Gasteiger partial charge in [0.05, 0.1) is 25.2 Å². The lowest BCUT2D eigenvalue weighted by Gasteiger charge is -2.36. The summed E-state index contributed by atoms with van der Waals surface area (Å²) in [4.78, 5) is 3.72. The summed E-state index contributed by atoms with van der Waals surface area (Å²) >= 11 is 1.82. The van der Waals surface area contributed by atoms with Gasteiger partial charge in [-0.25, -0.2) is 4.31 Å². The van der Waals surface area contributed by atoms with Crippen LogP contribution in [0.15, 0.2) is 77.7 Å². The van der Waals surface area contributed by atoms with Crippen molar-refractivity contribution in [1.82, 2.24) is 4.31 Å². The predicted octanol–water partition coefficient (Wildman–Crippen LogP) is 5.85. The van der Waals surface area contributed by atoms with Gasteiger partial charge in [-0.15, -0.1) is 0 Å². The van der Waals surface area contributed by atoms with Crippen molar-refractivity contribution < 1.29 is 9.47 Å². The first-order valence-electron chi connectivity index (χ1n) is 10.7. The van der Waals surface area contributed by atoms with E-state index in [1.165, 1.54) is 29.1 Å². The molecule has 5 nitrogen and oxygen atoms in total. The molecule has 0 spiro atoms. The molecule has 2 aliphatic rings. The lowest BCUT2D eigenvalue weighted by atomic mass is 10.0. The maximum absolute atomic E-state index is 6.08. The predicted molar refractivity (Wildman–Crippen MR) is 127 cm³/mol. The van der Waals surface area contributed by atoms with Crippen LogP contribution >= 0.6 is 11.9 Å². The van der Waals surface area contributed by atoms with Crippen LogP contribution in [0.4, 0.5) is 11.4 Å². The molecule has 3 aromatic rings. The molecule has 1 N–H and O–H groups in total. The van der Waals surface area contributed by atoms with E-state index in [1.54, 1.807) is 7.11 Å². The summed E-state index contributed by atoms with van der Waals surface area (Å²) in [5.74, 6) is 2.29. The van der Waals surface area contributed by atoms with Gasteiger partial charge in [-0.05, 0) is 67.3 Å². The van der Waals surface area contributed by atoms with Crippen molar-refractivity contribution in [1.29, 1.82) is 0 Å². The lowest BCUT2D eigenvalue weighted by Crippen LogP contribution is -2.43. The summed E-state index contributed by atoms with van der Waals surface area (Å²) in [6, 6.07) is 25.2. The van der Waals surface area contributed by atoms with Gasteiger partial charge in [0.1, 0.15) is 5.75 Å². The third-order valence-electron chi connectivity index (χ3n) is 5.85. The van der Waals surface area contributed by atoms with Crippen LogP contribution in [0.3, 0.4) is 0 Å². The second-order valence-electron chi connectivity index (χ2n) is 7.80. The molecular weight excluding hydrogens is 406 g/mol. The Morgan fingerprint density at radius 3 is 2.52 bits per heavy atom. The Hall–Kier alpha value is -2.83. The molecule has 0 amide bonds. The van der Waals surface area contributed by atoms with Crippen molar-refractivity contribution in [2.75, 3.05) is 37.1 Å². The third-order valence-corrected chi connectivity index (χ3v) is 6.94. The molecule has 3 aromatic carbocycles. The van der Waals surface area contributed by atoms with Gasteiger partial charge in [-0.1, -0.05) is 30.3 Å². The van der Waals surface area contributed by atoms with E-state index in [-0.39, 0.29) is 0 Å². The van der Waals surface area contributed by atoms with Gasteiger partial charge in [0, 0.05) is 24.0 Å². The van der Waals surface area contributed by atoms with Crippen LogP contribution in [0.5, 0.6) is 17.2 Å². The Morgan fingerprint density at radius 2 is 1.68 bits per heavy atom. The van der Waals surface area contributed by atoms with Crippen LogP contribution in [0.25, 0.3) is 0 Å². The minimum Gasteiger partial charge on any atom is -0.493 e. The highest BCUT2D eigenvalue weighted by Crippen LogP contribution is 2.37. The molecule has 31 heavy (non-hydrogen) atoms. The highest BCUT2D eigenvalue weighted by Gasteiger charge is 2.29. The Morgan fingerprint density at radius 1 is 0.903 bits per heavy atom. The third kappa shape index (κ3) is 4.45. The van der Waals surface area contributed by atoms with E-state index in [2.05, 4.69) is 50.9 Å². The molecule has 2 aliphatic heterocycles. The second kappa shape index (κ2) is 9.12. The average molecular weight is 434 g/mol. The fraction of sp³-hybridized carbons (Fsp3) is 0.280. The number of nitrogens with zero attached hydrogens (tertiary/aromatic N) is 2. The number of rotatable bonds is 6. The first-order chi connectivity index (χ1) is 15.3. The quantitative estimate of drug-likeness (QED) is 0.492. The number of hydrogen-bond donors (Lipinski definition) is 1. The number of fused-ring (bicyclic) bond motifs is 1. The zero-order valence-corrected chi connectivity index (χ0v) is 18.5. The van der Waals surface area contributed by atoms with Crippen LogP contribution in [-0.2, 0) is 0 Å². The standard InChI is InChI=1S/C25H27N3O2S/c1-29-24-11-4-5-12-25(24)30-20-7-6-8-21(17-20)31-27-15-13-19(14-16-27)28-18-26-22-9-2-3-10-23(22)28/h2-12,17,19,26H,13-16,18H2,1H3.